The fourth-order valence-corrected chi connectivity index (χ4v) is 1.88. The molecule has 1 aromatic rings. The van der Waals surface area contributed by atoms with E-state index >= 15 is 0 Å². The third-order valence-electron chi connectivity index (χ3n) is 2.71. The summed E-state index contributed by atoms with van der Waals surface area (Å²) in [6.07, 6.45) is 2.57. The fraction of sp³-hybridized carbons (Fsp3) is 0.500. The van der Waals surface area contributed by atoms with Crippen molar-refractivity contribution < 1.29 is 19.2 Å². The molecule has 0 atom stereocenters. The largest absolute Gasteiger partial charge is 0.487 e. The Morgan fingerprint density at radius 3 is 2.76 bits per heavy atom. The number of rotatable bonds is 9. The van der Waals surface area contributed by atoms with Crippen molar-refractivity contribution in [1.29, 1.82) is 0 Å². The predicted molar refractivity (Wildman–Crippen MR) is 78.7 cm³/mol. The van der Waals surface area contributed by atoms with Crippen LogP contribution in [0.2, 0.25) is 5.02 Å². The second-order valence-electron chi connectivity index (χ2n) is 4.33. The zero-order valence-corrected chi connectivity index (χ0v) is 12.6. The number of hydrogen-bond donors (Lipinski definition) is 0. The van der Waals surface area contributed by atoms with Crippen LogP contribution in [-0.2, 0) is 9.53 Å². The number of halogens is 1. The van der Waals surface area contributed by atoms with Gasteiger partial charge in [-0.15, -0.1) is 0 Å². The van der Waals surface area contributed by atoms with Gasteiger partial charge in [0.1, 0.15) is 0 Å². The minimum atomic E-state index is -0.508. The molecule has 0 radical (unpaired) electrons. The summed E-state index contributed by atoms with van der Waals surface area (Å²) < 4.78 is 10.2. The molecule has 0 saturated carbocycles. The topological polar surface area (TPSA) is 78.7 Å². The quantitative estimate of drug-likeness (QED) is 0.300. The number of hydrogen-bond acceptors (Lipinski definition) is 5. The predicted octanol–water partition coefficient (Wildman–Crippen LogP) is 3.75. The Bertz CT molecular complexity index is 492. The third-order valence-corrected chi connectivity index (χ3v) is 2.94. The van der Waals surface area contributed by atoms with Crippen LogP contribution in [0.3, 0.4) is 0 Å². The third kappa shape index (κ3) is 6.44. The molecular weight excluding hydrogens is 298 g/mol. The van der Waals surface area contributed by atoms with Gasteiger partial charge in [-0.05, 0) is 32.3 Å². The highest BCUT2D eigenvalue weighted by atomic mass is 35.5. The lowest BCUT2D eigenvalue weighted by molar-refractivity contribution is -0.385. The second kappa shape index (κ2) is 9.18. The van der Waals surface area contributed by atoms with Crippen molar-refractivity contribution in [3.8, 4) is 5.75 Å². The van der Waals surface area contributed by atoms with Crippen LogP contribution in [0.1, 0.15) is 32.6 Å². The van der Waals surface area contributed by atoms with Crippen LogP contribution in [0.5, 0.6) is 5.75 Å². The maximum absolute atomic E-state index is 11.1. The van der Waals surface area contributed by atoms with E-state index in [1.807, 2.05) is 0 Å². The molecule has 1 rings (SSSR count). The Morgan fingerprint density at radius 2 is 2.10 bits per heavy atom. The minimum Gasteiger partial charge on any atom is -0.487 e. The van der Waals surface area contributed by atoms with Crippen molar-refractivity contribution >= 4 is 23.3 Å². The van der Waals surface area contributed by atoms with Gasteiger partial charge in [0, 0.05) is 23.6 Å². The average Bonchev–Trinajstić information content (AvgIpc) is 2.42. The molecule has 0 spiro atoms. The van der Waals surface area contributed by atoms with Crippen molar-refractivity contribution in [2.24, 2.45) is 0 Å². The molecular formula is C14H18ClNO5. The second-order valence-corrected chi connectivity index (χ2v) is 4.77. The first-order valence-electron chi connectivity index (χ1n) is 6.77. The zero-order valence-electron chi connectivity index (χ0n) is 11.8. The molecule has 6 nitrogen and oxygen atoms in total. The number of carbonyl (C=O) groups is 1. The van der Waals surface area contributed by atoms with Crippen LogP contribution in [0.15, 0.2) is 18.2 Å². The number of carbonyl (C=O) groups excluding carboxylic acids is 1. The van der Waals surface area contributed by atoms with Gasteiger partial charge in [-0.1, -0.05) is 11.6 Å². The monoisotopic (exact) mass is 315 g/mol. The van der Waals surface area contributed by atoms with Crippen molar-refractivity contribution in [1.82, 2.24) is 0 Å². The van der Waals surface area contributed by atoms with E-state index in [2.05, 4.69) is 0 Å². The van der Waals surface area contributed by atoms with Crippen LogP contribution < -0.4 is 4.74 Å². The fourth-order valence-electron chi connectivity index (χ4n) is 1.72. The summed E-state index contributed by atoms with van der Waals surface area (Å²) in [5.74, 6) is -0.0400. The Hall–Kier alpha value is -1.82. The first-order valence-corrected chi connectivity index (χ1v) is 7.14. The SMILES string of the molecule is CCOC(=O)CCCCCOc1cc(Cl)ccc1[N+](=O)[O-]. The highest BCUT2D eigenvalue weighted by Crippen LogP contribution is 2.30. The highest BCUT2D eigenvalue weighted by molar-refractivity contribution is 6.30. The van der Waals surface area contributed by atoms with E-state index in [0.717, 1.165) is 6.42 Å². The Balaban J connectivity index is 2.31. The molecule has 0 amide bonds. The lowest BCUT2D eigenvalue weighted by atomic mass is 10.2. The molecule has 0 aliphatic carbocycles. The van der Waals surface area contributed by atoms with Gasteiger partial charge >= 0.3 is 11.7 Å². The molecule has 21 heavy (non-hydrogen) atoms. The van der Waals surface area contributed by atoms with E-state index in [0.29, 0.717) is 37.5 Å². The van der Waals surface area contributed by atoms with Gasteiger partial charge in [-0.25, -0.2) is 0 Å². The van der Waals surface area contributed by atoms with Crippen LogP contribution in [0.25, 0.3) is 0 Å². The summed E-state index contributed by atoms with van der Waals surface area (Å²) >= 11 is 5.79. The summed E-state index contributed by atoms with van der Waals surface area (Å²) in [5.41, 5.74) is -0.106. The first kappa shape index (κ1) is 17.2. The van der Waals surface area contributed by atoms with Gasteiger partial charge < -0.3 is 9.47 Å². The molecule has 116 valence electrons. The number of ether oxygens (including phenoxy) is 2. The number of benzene rings is 1. The van der Waals surface area contributed by atoms with Crippen molar-refractivity contribution in [3.63, 3.8) is 0 Å². The molecule has 1 aromatic carbocycles. The van der Waals surface area contributed by atoms with Gasteiger partial charge in [0.2, 0.25) is 0 Å². The normalized spacial score (nSPS) is 10.2. The van der Waals surface area contributed by atoms with Gasteiger partial charge in [0.15, 0.2) is 5.75 Å². The Kier molecular flexibility index (Phi) is 7.53. The average molecular weight is 316 g/mol. The van der Waals surface area contributed by atoms with Crippen LogP contribution in [0, 0.1) is 10.1 Å². The molecule has 0 unspecified atom stereocenters. The zero-order chi connectivity index (χ0) is 15.7. The number of unbranched alkanes of at least 4 members (excludes halogenated alkanes) is 2. The Labute approximate surface area is 128 Å². The van der Waals surface area contributed by atoms with Crippen LogP contribution in [-0.4, -0.2) is 24.1 Å². The van der Waals surface area contributed by atoms with Crippen molar-refractivity contribution in [2.45, 2.75) is 32.6 Å². The summed E-state index contributed by atoms with van der Waals surface area (Å²) in [5, 5.41) is 11.2. The number of esters is 1. The maximum Gasteiger partial charge on any atom is 0.311 e. The molecule has 0 heterocycles. The van der Waals surface area contributed by atoms with E-state index in [-0.39, 0.29) is 17.4 Å². The van der Waals surface area contributed by atoms with Gasteiger partial charge in [0.05, 0.1) is 18.1 Å². The molecule has 0 bridgehead atoms. The van der Waals surface area contributed by atoms with E-state index in [1.54, 1.807) is 6.92 Å². The van der Waals surface area contributed by atoms with Crippen molar-refractivity contribution in [2.75, 3.05) is 13.2 Å². The van der Waals surface area contributed by atoms with Crippen molar-refractivity contribution in [3.05, 3.63) is 33.3 Å². The minimum absolute atomic E-state index is 0.106. The molecule has 0 N–H and O–H groups in total. The molecule has 0 aliphatic rings. The summed E-state index contributed by atoms with van der Waals surface area (Å²) in [6.45, 7) is 2.49. The van der Waals surface area contributed by atoms with E-state index in [1.165, 1.54) is 18.2 Å². The van der Waals surface area contributed by atoms with E-state index < -0.39 is 4.92 Å². The van der Waals surface area contributed by atoms with Gasteiger partial charge in [0.25, 0.3) is 0 Å². The molecule has 0 fully saturated rings. The molecule has 0 aromatic heterocycles. The lowest BCUT2D eigenvalue weighted by Gasteiger charge is -2.07. The first-order chi connectivity index (χ1) is 10.0. The summed E-state index contributed by atoms with van der Waals surface area (Å²) in [7, 11) is 0. The summed E-state index contributed by atoms with van der Waals surface area (Å²) in [6, 6.07) is 4.20. The Morgan fingerprint density at radius 1 is 1.33 bits per heavy atom. The van der Waals surface area contributed by atoms with Crippen LogP contribution in [0.4, 0.5) is 5.69 Å². The van der Waals surface area contributed by atoms with Gasteiger partial charge in [-0.3, -0.25) is 14.9 Å². The smallest absolute Gasteiger partial charge is 0.311 e. The molecule has 0 aliphatic heterocycles. The maximum atomic E-state index is 11.1. The van der Waals surface area contributed by atoms with E-state index in [9.17, 15) is 14.9 Å². The number of nitro benzene ring substituents is 1. The van der Waals surface area contributed by atoms with E-state index in [4.69, 9.17) is 21.1 Å². The molecule has 7 heteroatoms. The standard InChI is InChI=1S/C14H18ClNO5/c1-2-20-14(17)6-4-3-5-9-21-13-10-11(15)7-8-12(13)16(18)19/h7-8,10H,2-6,9H2,1H3. The molecule has 0 saturated heterocycles. The van der Waals surface area contributed by atoms with Crippen LogP contribution >= 0.6 is 11.6 Å². The lowest BCUT2D eigenvalue weighted by Crippen LogP contribution is -2.04. The highest BCUT2D eigenvalue weighted by Gasteiger charge is 2.15. The number of nitro groups is 1. The number of nitrogens with zero attached hydrogens (tertiary/aromatic N) is 1. The van der Waals surface area contributed by atoms with Gasteiger partial charge in [-0.2, -0.15) is 0 Å². The summed E-state index contributed by atoms with van der Waals surface area (Å²) in [4.78, 5) is 21.4.